The van der Waals surface area contributed by atoms with Gasteiger partial charge >= 0.3 is 5.97 Å². The van der Waals surface area contributed by atoms with Crippen LogP contribution in [0.3, 0.4) is 0 Å². The predicted molar refractivity (Wildman–Crippen MR) is 105 cm³/mol. The Morgan fingerprint density at radius 3 is 2.70 bits per heavy atom. The Hall–Kier alpha value is -2.56. The number of carbonyl (C=O) groups is 2. The summed E-state index contributed by atoms with van der Waals surface area (Å²) in [4.78, 5) is 24.8. The molecule has 5 heteroatoms. The van der Waals surface area contributed by atoms with Crippen molar-refractivity contribution < 1.29 is 14.3 Å². The fraction of sp³-hybridized carbons (Fsp3) is 0.455. The molecule has 1 aliphatic carbocycles. The third-order valence-electron chi connectivity index (χ3n) is 5.26. The molecule has 0 spiro atoms. The summed E-state index contributed by atoms with van der Waals surface area (Å²) in [6.45, 7) is 7.76. The summed E-state index contributed by atoms with van der Waals surface area (Å²) in [5.74, 6) is -0.711. The molecule has 3 rings (SSSR count). The highest BCUT2D eigenvalue weighted by Crippen LogP contribution is 2.29. The minimum Gasteiger partial charge on any atom is -0.452 e. The van der Waals surface area contributed by atoms with Gasteiger partial charge in [-0.05, 0) is 64.2 Å². The van der Waals surface area contributed by atoms with Crippen molar-refractivity contribution in [2.75, 3.05) is 6.61 Å². The van der Waals surface area contributed by atoms with Crippen molar-refractivity contribution in [2.45, 2.75) is 59.0 Å². The standard InChI is InChI=1S/C22H28N2O3/c1-14(2)24-15(3)12-19(16(24)4)22(26)27-13-21(25)23-20-11-7-9-17-8-5-6-10-18(17)20/h5-6,8,10,12,14,20H,7,9,11,13H2,1-4H3,(H,23,25)/t20-/m0/s1. The molecule has 1 aromatic carbocycles. The minimum atomic E-state index is -0.450. The number of nitrogens with zero attached hydrogens (tertiary/aromatic N) is 1. The number of esters is 1. The fourth-order valence-corrected chi connectivity index (χ4v) is 4.13. The van der Waals surface area contributed by atoms with Gasteiger partial charge in [-0.2, -0.15) is 0 Å². The number of ether oxygens (including phenoxy) is 1. The van der Waals surface area contributed by atoms with Crippen LogP contribution in [0, 0.1) is 13.8 Å². The highest BCUT2D eigenvalue weighted by molar-refractivity contribution is 5.92. The average Bonchev–Trinajstić information content (AvgIpc) is 2.94. The van der Waals surface area contributed by atoms with Gasteiger partial charge in [0.2, 0.25) is 0 Å². The van der Waals surface area contributed by atoms with E-state index in [4.69, 9.17) is 4.74 Å². The maximum Gasteiger partial charge on any atom is 0.340 e. The van der Waals surface area contributed by atoms with Crippen molar-refractivity contribution in [3.63, 3.8) is 0 Å². The Morgan fingerprint density at radius 1 is 1.26 bits per heavy atom. The number of hydrogen-bond donors (Lipinski definition) is 1. The van der Waals surface area contributed by atoms with Crippen molar-refractivity contribution in [3.05, 3.63) is 58.4 Å². The molecular formula is C22H28N2O3. The summed E-state index contributed by atoms with van der Waals surface area (Å²) in [5, 5.41) is 3.01. The Kier molecular flexibility index (Phi) is 5.68. The smallest absolute Gasteiger partial charge is 0.340 e. The first-order valence-electron chi connectivity index (χ1n) is 9.61. The van der Waals surface area contributed by atoms with Crippen LogP contribution in [0.15, 0.2) is 30.3 Å². The van der Waals surface area contributed by atoms with Crippen LogP contribution < -0.4 is 5.32 Å². The molecule has 2 aromatic rings. The van der Waals surface area contributed by atoms with E-state index in [1.54, 1.807) is 0 Å². The first kappa shape index (κ1) is 19.2. The normalized spacial score (nSPS) is 16.1. The number of amides is 1. The summed E-state index contributed by atoms with van der Waals surface area (Å²) in [6.07, 6.45) is 3.00. The molecule has 27 heavy (non-hydrogen) atoms. The monoisotopic (exact) mass is 368 g/mol. The topological polar surface area (TPSA) is 60.3 Å². The maximum absolute atomic E-state index is 12.4. The maximum atomic E-state index is 12.4. The van der Waals surface area contributed by atoms with E-state index in [9.17, 15) is 9.59 Å². The number of nitrogens with one attached hydrogen (secondary N) is 1. The lowest BCUT2D eigenvalue weighted by Crippen LogP contribution is -2.34. The fourth-order valence-electron chi connectivity index (χ4n) is 4.13. The largest absolute Gasteiger partial charge is 0.452 e. The second-order valence-electron chi connectivity index (χ2n) is 7.54. The van der Waals surface area contributed by atoms with Gasteiger partial charge < -0.3 is 14.6 Å². The Morgan fingerprint density at radius 2 is 2.00 bits per heavy atom. The summed E-state index contributed by atoms with van der Waals surface area (Å²) in [5.41, 5.74) is 4.86. The van der Waals surface area contributed by atoms with E-state index in [0.29, 0.717) is 5.56 Å². The molecule has 0 saturated carbocycles. The number of hydrogen-bond acceptors (Lipinski definition) is 3. The number of aryl methyl sites for hydroxylation is 2. The van der Waals surface area contributed by atoms with Crippen LogP contribution in [0.5, 0.6) is 0 Å². The van der Waals surface area contributed by atoms with E-state index in [0.717, 1.165) is 30.7 Å². The molecule has 0 fully saturated rings. The molecular weight excluding hydrogens is 340 g/mol. The van der Waals surface area contributed by atoms with Crippen LogP contribution in [0.2, 0.25) is 0 Å². The molecule has 0 aliphatic heterocycles. The van der Waals surface area contributed by atoms with Gasteiger partial charge in [-0.15, -0.1) is 0 Å². The van der Waals surface area contributed by atoms with Gasteiger partial charge in [0.25, 0.3) is 5.91 Å². The minimum absolute atomic E-state index is 0.00726. The molecule has 5 nitrogen and oxygen atoms in total. The van der Waals surface area contributed by atoms with Gasteiger partial charge in [-0.1, -0.05) is 24.3 Å². The predicted octanol–water partition coefficient (Wildman–Crippen LogP) is 4.04. The first-order valence-corrected chi connectivity index (χ1v) is 9.61. The van der Waals surface area contributed by atoms with E-state index < -0.39 is 5.97 Å². The lowest BCUT2D eigenvalue weighted by Gasteiger charge is -2.26. The number of fused-ring (bicyclic) bond motifs is 1. The average molecular weight is 368 g/mol. The molecule has 1 aromatic heterocycles. The molecule has 0 saturated heterocycles. The van der Waals surface area contributed by atoms with Crippen molar-refractivity contribution in [3.8, 4) is 0 Å². The van der Waals surface area contributed by atoms with Crippen LogP contribution in [0.4, 0.5) is 0 Å². The van der Waals surface area contributed by atoms with E-state index >= 15 is 0 Å². The summed E-state index contributed by atoms with van der Waals surface area (Å²) in [6, 6.07) is 10.3. The van der Waals surface area contributed by atoms with Crippen molar-refractivity contribution in [2.24, 2.45) is 0 Å². The highest BCUT2D eigenvalue weighted by Gasteiger charge is 2.23. The van der Waals surface area contributed by atoms with E-state index in [-0.39, 0.29) is 24.6 Å². The zero-order chi connectivity index (χ0) is 19.6. The van der Waals surface area contributed by atoms with E-state index in [1.807, 2.05) is 32.0 Å². The SMILES string of the molecule is Cc1cc(C(=O)OCC(=O)N[C@H]2CCCc3ccccc32)c(C)n1C(C)C. The number of benzene rings is 1. The Balaban J connectivity index is 1.60. The molecule has 1 aliphatic rings. The van der Waals surface area contributed by atoms with Gasteiger partial charge in [0.1, 0.15) is 0 Å². The summed E-state index contributed by atoms with van der Waals surface area (Å²) < 4.78 is 7.38. The van der Waals surface area contributed by atoms with Crippen molar-refractivity contribution >= 4 is 11.9 Å². The second-order valence-corrected chi connectivity index (χ2v) is 7.54. The molecule has 1 atom stereocenters. The first-order chi connectivity index (χ1) is 12.9. The number of aromatic nitrogens is 1. The Bertz CT molecular complexity index is 851. The van der Waals surface area contributed by atoms with Crippen molar-refractivity contribution in [1.29, 1.82) is 0 Å². The highest BCUT2D eigenvalue weighted by atomic mass is 16.5. The van der Waals surface area contributed by atoms with Gasteiger partial charge in [-0.3, -0.25) is 4.79 Å². The lowest BCUT2D eigenvalue weighted by molar-refractivity contribution is -0.125. The zero-order valence-corrected chi connectivity index (χ0v) is 16.5. The van der Waals surface area contributed by atoms with Gasteiger partial charge in [0.15, 0.2) is 6.61 Å². The third kappa shape index (κ3) is 4.07. The Labute approximate surface area is 160 Å². The quantitative estimate of drug-likeness (QED) is 0.811. The van der Waals surface area contributed by atoms with Gasteiger partial charge in [0.05, 0.1) is 11.6 Å². The molecule has 1 heterocycles. The van der Waals surface area contributed by atoms with Crippen LogP contribution >= 0.6 is 0 Å². The van der Waals surface area contributed by atoms with E-state index in [2.05, 4.69) is 35.9 Å². The van der Waals surface area contributed by atoms with Crippen LogP contribution in [-0.4, -0.2) is 23.1 Å². The molecule has 1 N–H and O–H groups in total. The second kappa shape index (κ2) is 7.99. The lowest BCUT2D eigenvalue weighted by atomic mass is 9.88. The summed E-state index contributed by atoms with van der Waals surface area (Å²) >= 11 is 0. The van der Waals surface area contributed by atoms with Crippen LogP contribution in [0.1, 0.15) is 71.6 Å². The van der Waals surface area contributed by atoms with Crippen molar-refractivity contribution in [1.82, 2.24) is 9.88 Å². The molecule has 0 unspecified atom stereocenters. The number of carbonyl (C=O) groups excluding carboxylic acids is 2. The summed E-state index contributed by atoms with van der Waals surface area (Å²) in [7, 11) is 0. The molecule has 144 valence electrons. The molecule has 0 bridgehead atoms. The number of rotatable bonds is 5. The van der Waals surface area contributed by atoms with E-state index in [1.165, 1.54) is 11.1 Å². The van der Waals surface area contributed by atoms with Gasteiger partial charge in [0, 0.05) is 17.4 Å². The van der Waals surface area contributed by atoms with Crippen LogP contribution in [-0.2, 0) is 16.0 Å². The molecule has 0 radical (unpaired) electrons. The van der Waals surface area contributed by atoms with Gasteiger partial charge in [-0.25, -0.2) is 4.79 Å². The zero-order valence-electron chi connectivity index (χ0n) is 16.5. The van der Waals surface area contributed by atoms with Crippen LogP contribution in [0.25, 0.3) is 0 Å². The molecule has 1 amide bonds. The third-order valence-corrected chi connectivity index (χ3v) is 5.26.